The van der Waals surface area contributed by atoms with E-state index in [0.717, 1.165) is 11.1 Å². The summed E-state index contributed by atoms with van der Waals surface area (Å²) in [6.07, 6.45) is 0.490. The largest absolute Gasteiger partial charge is 0.486 e. The molecular formula is C14H19NO4. The van der Waals surface area contributed by atoms with Gasteiger partial charge < -0.3 is 20.3 Å². The molecule has 0 fully saturated rings. The monoisotopic (exact) mass is 265 g/mol. The maximum Gasteiger partial charge on any atom is 0.308 e. The SMILES string of the molecule is CCC(C(=O)O)C(N)c1cc2c(cc1C)OCCO2. The molecule has 1 aliphatic heterocycles. The topological polar surface area (TPSA) is 81.8 Å². The van der Waals surface area contributed by atoms with Crippen molar-refractivity contribution in [1.82, 2.24) is 0 Å². The lowest BCUT2D eigenvalue weighted by Crippen LogP contribution is -2.28. The highest BCUT2D eigenvalue weighted by atomic mass is 16.6. The fourth-order valence-electron chi connectivity index (χ4n) is 2.36. The van der Waals surface area contributed by atoms with Crippen LogP contribution in [0.5, 0.6) is 11.5 Å². The Hall–Kier alpha value is -1.75. The average Bonchev–Trinajstić information content (AvgIpc) is 2.38. The van der Waals surface area contributed by atoms with Gasteiger partial charge in [-0.2, -0.15) is 0 Å². The standard InChI is InChI=1S/C14H19NO4/c1-3-9(14(16)17)13(15)10-7-12-11(6-8(10)2)18-4-5-19-12/h6-7,9,13H,3-5,15H2,1-2H3,(H,16,17). The van der Waals surface area contributed by atoms with Gasteiger partial charge in [0.05, 0.1) is 5.92 Å². The van der Waals surface area contributed by atoms with Crippen molar-refractivity contribution in [2.75, 3.05) is 13.2 Å². The van der Waals surface area contributed by atoms with Gasteiger partial charge in [-0.15, -0.1) is 0 Å². The van der Waals surface area contributed by atoms with Gasteiger partial charge >= 0.3 is 5.97 Å². The molecule has 0 saturated carbocycles. The van der Waals surface area contributed by atoms with Crippen LogP contribution in [0, 0.1) is 12.8 Å². The summed E-state index contributed by atoms with van der Waals surface area (Å²) in [5, 5.41) is 9.20. The molecule has 2 atom stereocenters. The lowest BCUT2D eigenvalue weighted by atomic mass is 9.89. The van der Waals surface area contributed by atoms with Gasteiger partial charge in [-0.3, -0.25) is 4.79 Å². The number of carbonyl (C=O) groups is 1. The zero-order valence-corrected chi connectivity index (χ0v) is 11.2. The highest BCUT2D eigenvalue weighted by molar-refractivity contribution is 5.71. The van der Waals surface area contributed by atoms with E-state index in [-0.39, 0.29) is 0 Å². The molecule has 1 aromatic carbocycles. The van der Waals surface area contributed by atoms with E-state index in [1.54, 1.807) is 6.07 Å². The minimum atomic E-state index is -0.871. The Balaban J connectivity index is 2.36. The number of ether oxygens (including phenoxy) is 2. The van der Waals surface area contributed by atoms with Crippen molar-refractivity contribution in [3.63, 3.8) is 0 Å². The molecule has 104 valence electrons. The minimum absolute atomic E-state index is 0.490. The van der Waals surface area contributed by atoms with Crippen LogP contribution in [-0.4, -0.2) is 24.3 Å². The van der Waals surface area contributed by atoms with E-state index >= 15 is 0 Å². The Morgan fingerprint density at radius 3 is 2.47 bits per heavy atom. The molecule has 5 heteroatoms. The van der Waals surface area contributed by atoms with Crippen molar-refractivity contribution in [1.29, 1.82) is 0 Å². The van der Waals surface area contributed by atoms with Crippen molar-refractivity contribution < 1.29 is 19.4 Å². The fourth-order valence-corrected chi connectivity index (χ4v) is 2.36. The smallest absolute Gasteiger partial charge is 0.308 e. The molecule has 3 N–H and O–H groups in total. The van der Waals surface area contributed by atoms with E-state index in [4.69, 9.17) is 15.2 Å². The first kappa shape index (κ1) is 13.7. The van der Waals surface area contributed by atoms with Crippen LogP contribution < -0.4 is 15.2 Å². The van der Waals surface area contributed by atoms with E-state index in [1.807, 2.05) is 19.9 Å². The Morgan fingerprint density at radius 1 is 1.37 bits per heavy atom. The summed E-state index contributed by atoms with van der Waals surface area (Å²) in [6.45, 7) is 4.76. The lowest BCUT2D eigenvalue weighted by Gasteiger charge is -2.24. The number of nitrogens with two attached hydrogens (primary N) is 1. The Kier molecular flexibility index (Phi) is 3.95. The molecule has 0 radical (unpaired) electrons. The van der Waals surface area contributed by atoms with Crippen LogP contribution in [0.25, 0.3) is 0 Å². The van der Waals surface area contributed by atoms with Crippen molar-refractivity contribution in [2.45, 2.75) is 26.3 Å². The van der Waals surface area contributed by atoms with Gasteiger partial charge in [0.25, 0.3) is 0 Å². The molecule has 0 saturated heterocycles. The van der Waals surface area contributed by atoms with Crippen LogP contribution in [0.1, 0.15) is 30.5 Å². The highest BCUT2D eigenvalue weighted by Crippen LogP contribution is 2.36. The molecule has 1 aromatic rings. The van der Waals surface area contributed by atoms with E-state index in [9.17, 15) is 9.90 Å². The molecule has 0 bridgehead atoms. The molecule has 0 amide bonds. The summed E-state index contributed by atoms with van der Waals surface area (Å²) < 4.78 is 11.0. The molecule has 5 nitrogen and oxygen atoms in total. The number of rotatable bonds is 4. The average molecular weight is 265 g/mol. The number of aryl methyl sites for hydroxylation is 1. The zero-order valence-electron chi connectivity index (χ0n) is 11.2. The second kappa shape index (κ2) is 5.48. The van der Waals surface area contributed by atoms with E-state index in [1.165, 1.54) is 0 Å². The molecule has 0 aliphatic carbocycles. The number of carboxylic acids is 1. The Morgan fingerprint density at radius 2 is 1.95 bits per heavy atom. The third kappa shape index (κ3) is 2.66. The Bertz CT molecular complexity index is 487. The number of benzene rings is 1. The van der Waals surface area contributed by atoms with E-state index < -0.39 is 17.9 Å². The number of hydrogen-bond donors (Lipinski definition) is 2. The van der Waals surface area contributed by atoms with Gasteiger partial charge in [0.1, 0.15) is 13.2 Å². The number of hydrogen-bond acceptors (Lipinski definition) is 4. The quantitative estimate of drug-likeness (QED) is 0.868. The second-order valence-corrected chi connectivity index (χ2v) is 4.73. The minimum Gasteiger partial charge on any atom is -0.486 e. The molecule has 2 unspecified atom stereocenters. The van der Waals surface area contributed by atoms with Crippen molar-refractivity contribution in [3.8, 4) is 11.5 Å². The van der Waals surface area contributed by atoms with Crippen molar-refractivity contribution in [2.24, 2.45) is 11.7 Å². The molecule has 1 heterocycles. The summed E-state index contributed by atoms with van der Waals surface area (Å²) in [5.74, 6) is -0.129. The third-order valence-electron chi connectivity index (χ3n) is 3.48. The van der Waals surface area contributed by atoms with E-state index in [2.05, 4.69) is 0 Å². The van der Waals surface area contributed by atoms with Crippen LogP contribution in [0.2, 0.25) is 0 Å². The summed E-state index contributed by atoms with van der Waals surface area (Å²) >= 11 is 0. The van der Waals surface area contributed by atoms with E-state index in [0.29, 0.717) is 31.1 Å². The Labute approximate surface area is 112 Å². The predicted octanol–water partition coefficient (Wildman–Crippen LogP) is 1.88. The molecule has 19 heavy (non-hydrogen) atoms. The number of fused-ring (bicyclic) bond motifs is 1. The highest BCUT2D eigenvalue weighted by Gasteiger charge is 2.27. The molecular weight excluding hydrogens is 246 g/mol. The van der Waals surface area contributed by atoms with Crippen LogP contribution in [0.4, 0.5) is 0 Å². The molecule has 1 aliphatic rings. The van der Waals surface area contributed by atoms with Crippen molar-refractivity contribution >= 4 is 5.97 Å². The maximum absolute atomic E-state index is 11.2. The van der Waals surface area contributed by atoms with Crippen LogP contribution in [-0.2, 0) is 4.79 Å². The predicted molar refractivity (Wildman–Crippen MR) is 70.5 cm³/mol. The van der Waals surface area contributed by atoms with Gasteiger partial charge in [0.15, 0.2) is 11.5 Å². The first-order valence-corrected chi connectivity index (χ1v) is 6.43. The summed E-state index contributed by atoms with van der Waals surface area (Å²) in [5.41, 5.74) is 7.84. The fraction of sp³-hybridized carbons (Fsp3) is 0.500. The summed E-state index contributed by atoms with van der Waals surface area (Å²) in [4.78, 5) is 11.2. The molecule has 2 rings (SSSR count). The third-order valence-corrected chi connectivity index (χ3v) is 3.48. The van der Waals surface area contributed by atoms with Crippen molar-refractivity contribution in [3.05, 3.63) is 23.3 Å². The first-order chi connectivity index (χ1) is 9.04. The van der Waals surface area contributed by atoms with Gasteiger partial charge in [-0.1, -0.05) is 6.92 Å². The van der Waals surface area contributed by atoms with Crippen LogP contribution in [0.3, 0.4) is 0 Å². The zero-order chi connectivity index (χ0) is 14.0. The van der Waals surface area contributed by atoms with Gasteiger partial charge in [-0.05, 0) is 36.6 Å². The summed E-state index contributed by atoms with van der Waals surface area (Å²) in [6, 6.07) is 3.12. The lowest BCUT2D eigenvalue weighted by molar-refractivity contribution is -0.142. The molecule has 0 aromatic heterocycles. The van der Waals surface area contributed by atoms with Crippen LogP contribution in [0.15, 0.2) is 12.1 Å². The number of carboxylic acid groups (broad SMARTS) is 1. The van der Waals surface area contributed by atoms with Crippen LogP contribution >= 0.6 is 0 Å². The first-order valence-electron chi connectivity index (χ1n) is 6.43. The van der Waals surface area contributed by atoms with Gasteiger partial charge in [0, 0.05) is 6.04 Å². The van der Waals surface area contributed by atoms with Gasteiger partial charge in [-0.25, -0.2) is 0 Å². The maximum atomic E-state index is 11.2. The second-order valence-electron chi connectivity index (χ2n) is 4.73. The molecule has 0 spiro atoms. The van der Waals surface area contributed by atoms with Gasteiger partial charge in [0.2, 0.25) is 0 Å². The number of aliphatic carboxylic acids is 1. The summed E-state index contributed by atoms with van der Waals surface area (Å²) in [7, 11) is 0. The normalized spacial score (nSPS) is 16.8.